The van der Waals surface area contributed by atoms with Gasteiger partial charge in [0.15, 0.2) is 0 Å². The van der Waals surface area contributed by atoms with E-state index in [0.717, 1.165) is 28.2 Å². The summed E-state index contributed by atoms with van der Waals surface area (Å²) in [4.78, 5) is 12.4. The van der Waals surface area contributed by atoms with Crippen LogP contribution in [0, 0.1) is 6.92 Å². The molecule has 8 heteroatoms. The number of aryl methyl sites for hydroxylation is 1. The van der Waals surface area contributed by atoms with Crippen molar-refractivity contribution in [2.45, 2.75) is 38.3 Å². The van der Waals surface area contributed by atoms with Gasteiger partial charge in [0.25, 0.3) is 11.7 Å². The van der Waals surface area contributed by atoms with Crippen LogP contribution < -0.4 is 15.1 Å². The maximum atomic E-state index is 12.4. The molecule has 2 N–H and O–H groups in total. The van der Waals surface area contributed by atoms with E-state index in [-0.39, 0.29) is 22.8 Å². The first-order valence-electron chi connectivity index (χ1n) is 11.6. The van der Waals surface area contributed by atoms with Crippen molar-refractivity contribution < 1.29 is 14.5 Å². The van der Waals surface area contributed by atoms with Crippen LogP contribution in [0.3, 0.4) is 0 Å². The van der Waals surface area contributed by atoms with E-state index >= 15 is 0 Å². The molecule has 0 bridgehead atoms. The number of rotatable bonds is 7. The molecule has 0 saturated carbocycles. The van der Waals surface area contributed by atoms with E-state index in [0.29, 0.717) is 5.16 Å². The first-order chi connectivity index (χ1) is 17.2. The number of carbonyl (C=O) groups is 1. The monoisotopic (exact) mass is 499 g/mol. The number of aromatic nitrogens is 3. The van der Waals surface area contributed by atoms with Gasteiger partial charge < -0.3 is 5.11 Å². The second-order valence-electron chi connectivity index (χ2n) is 9.50. The van der Waals surface area contributed by atoms with Crippen molar-refractivity contribution >= 4 is 23.9 Å². The maximum absolute atomic E-state index is 12.4. The van der Waals surface area contributed by atoms with Gasteiger partial charge in [-0.05, 0) is 59.5 Å². The highest BCUT2D eigenvalue weighted by atomic mass is 32.2. The number of hydrogen-bond donors (Lipinski definition) is 2. The molecule has 0 unspecified atom stereocenters. The van der Waals surface area contributed by atoms with E-state index in [2.05, 4.69) is 77.9 Å². The number of hydrogen-bond acceptors (Lipinski definition) is 5. The Hall–Kier alpha value is -3.91. The van der Waals surface area contributed by atoms with E-state index in [1.54, 1.807) is 12.1 Å². The van der Waals surface area contributed by atoms with Crippen molar-refractivity contribution in [3.8, 4) is 22.8 Å². The van der Waals surface area contributed by atoms with Crippen LogP contribution in [0.1, 0.15) is 37.5 Å². The molecule has 1 aromatic heterocycles. The normalized spacial score (nSPS) is 11.7. The summed E-state index contributed by atoms with van der Waals surface area (Å²) in [6, 6.07) is 22.8. The molecule has 0 atom stereocenters. The number of benzene rings is 3. The Balaban J connectivity index is 1.53. The molecule has 0 radical (unpaired) electrons. The molecular weight excluding hydrogens is 470 g/mol. The fraction of sp³-hybridized carbons (Fsp3) is 0.214. The molecule has 0 spiro atoms. The number of nitrogens with zero attached hydrogens (tertiary/aromatic N) is 3. The first-order valence-corrected chi connectivity index (χ1v) is 12.6. The minimum atomic E-state index is -0.258. The third kappa shape index (κ3) is 6.20. The van der Waals surface area contributed by atoms with Crippen LogP contribution in [0.25, 0.3) is 17.1 Å². The maximum Gasteiger partial charge on any atom is 0.342 e. The number of aromatic amines is 1. The summed E-state index contributed by atoms with van der Waals surface area (Å²) in [6.45, 7) is 8.62. The molecule has 184 valence electrons. The molecule has 0 fully saturated rings. The summed E-state index contributed by atoms with van der Waals surface area (Å²) in [6.07, 6.45) is 1.50. The topological polar surface area (TPSA) is 97.1 Å². The SMILES string of the molecule is Cc1ccc(-[n+]2c(SCC(=O)NN=Cc3ccc([O-])cc3)n[nH]c2-c2ccc(C(C)(C)C)cc2)cc1. The quantitative estimate of drug-likeness (QED) is 0.172. The number of thioether (sulfide) groups is 1. The lowest BCUT2D eigenvalue weighted by Gasteiger charge is -2.18. The fourth-order valence-corrected chi connectivity index (χ4v) is 4.30. The van der Waals surface area contributed by atoms with Gasteiger partial charge in [0.1, 0.15) is 5.69 Å². The van der Waals surface area contributed by atoms with Gasteiger partial charge in [-0.25, -0.2) is 5.43 Å². The van der Waals surface area contributed by atoms with Crippen LogP contribution in [0.15, 0.2) is 83.1 Å². The molecule has 1 heterocycles. The third-order valence-electron chi connectivity index (χ3n) is 5.60. The zero-order valence-electron chi connectivity index (χ0n) is 20.8. The molecule has 7 nitrogen and oxygen atoms in total. The summed E-state index contributed by atoms with van der Waals surface area (Å²) in [5.41, 5.74) is 7.69. The Morgan fingerprint density at radius 3 is 2.36 bits per heavy atom. The largest absolute Gasteiger partial charge is 0.872 e. The summed E-state index contributed by atoms with van der Waals surface area (Å²) >= 11 is 1.32. The average molecular weight is 500 g/mol. The summed E-state index contributed by atoms with van der Waals surface area (Å²) < 4.78 is 2.03. The van der Waals surface area contributed by atoms with E-state index in [1.807, 2.05) is 23.6 Å². The molecule has 3 aromatic carbocycles. The van der Waals surface area contributed by atoms with Crippen molar-refractivity contribution in [2.75, 3.05) is 5.75 Å². The molecule has 1 amide bonds. The molecule has 0 aliphatic heterocycles. The second kappa shape index (κ2) is 10.8. The van der Waals surface area contributed by atoms with Crippen molar-refractivity contribution in [1.82, 2.24) is 15.6 Å². The van der Waals surface area contributed by atoms with Gasteiger partial charge in [-0.1, -0.05) is 74.9 Å². The lowest BCUT2D eigenvalue weighted by atomic mass is 9.87. The standard InChI is InChI=1S/C28H29N5O2S/c1-19-5-13-23(14-6-19)33-26(21-9-11-22(12-10-21)28(2,3)4)31-32-27(33)36-18-25(35)30-29-17-20-7-15-24(34)16-8-20/h5-17H,18H2,1-4H3,(H2,29,30,34,35). The van der Waals surface area contributed by atoms with Gasteiger partial charge >= 0.3 is 5.16 Å². The van der Waals surface area contributed by atoms with E-state index in [9.17, 15) is 9.90 Å². The van der Waals surface area contributed by atoms with E-state index in [1.165, 1.54) is 35.7 Å². The molecule has 4 rings (SSSR count). The number of carbonyl (C=O) groups excluding carboxylic acids is 1. The number of H-pyrrole nitrogens is 1. The summed E-state index contributed by atoms with van der Waals surface area (Å²) in [5, 5.41) is 23.5. The van der Waals surface area contributed by atoms with Crippen LogP contribution in [0.2, 0.25) is 0 Å². The van der Waals surface area contributed by atoms with Gasteiger partial charge in [-0.15, -0.1) is 10.8 Å². The second-order valence-corrected chi connectivity index (χ2v) is 10.4. The molecule has 0 aliphatic carbocycles. The third-order valence-corrected chi connectivity index (χ3v) is 6.54. The summed E-state index contributed by atoms with van der Waals surface area (Å²) in [5.74, 6) is 0.641. The molecule has 4 aromatic rings. The minimum absolute atomic E-state index is 0.0653. The van der Waals surface area contributed by atoms with Crippen molar-refractivity contribution in [1.29, 1.82) is 0 Å². The van der Waals surface area contributed by atoms with Gasteiger partial charge in [-0.2, -0.15) is 9.67 Å². The highest BCUT2D eigenvalue weighted by molar-refractivity contribution is 7.99. The highest BCUT2D eigenvalue weighted by Gasteiger charge is 2.25. The van der Waals surface area contributed by atoms with Crippen LogP contribution in [-0.4, -0.2) is 28.1 Å². The van der Waals surface area contributed by atoms with Crippen molar-refractivity contribution in [2.24, 2.45) is 5.10 Å². The molecular formula is C28H29N5O2S. The fourth-order valence-electron chi connectivity index (χ4n) is 3.54. The van der Waals surface area contributed by atoms with Gasteiger partial charge in [0.2, 0.25) is 0 Å². The Kier molecular flexibility index (Phi) is 7.55. The van der Waals surface area contributed by atoms with Crippen LogP contribution >= 0.6 is 11.8 Å². The van der Waals surface area contributed by atoms with Gasteiger partial charge in [0.05, 0.1) is 22.6 Å². The lowest BCUT2D eigenvalue weighted by molar-refractivity contribution is -0.625. The minimum Gasteiger partial charge on any atom is -0.872 e. The average Bonchev–Trinajstić information content (AvgIpc) is 3.28. The summed E-state index contributed by atoms with van der Waals surface area (Å²) in [7, 11) is 0. The van der Waals surface area contributed by atoms with Gasteiger partial charge in [0, 0.05) is 0 Å². The predicted octanol–water partition coefficient (Wildman–Crippen LogP) is 4.28. The lowest BCUT2D eigenvalue weighted by Crippen LogP contribution is -2.34. The number of hydrazone groups is 1. The number of nitrogens with one attached hydrogen (secondary N) is 2. The van der Waals surface area contributed by atoms with Crippen molar-refractivity contribution in [3.63, 3.8) is 0 Å². The smallest absolute Gasteiger partial charge is 0.342 e. The zero-order valence-corrected chi connectivity index (χ0v) is 21.6. The predicted molar refractivity (Wildman–Crippen MR) is 141 cm³/mol. The van der Waals surface area contributed by atoms with Crippen molar-refractivity contribution in [3.05, 3.63) is 89.5 Å². The molecule has 36 heavy (non-hydrogen) atoms. The van der Waals surface area contributed by atoms with E-state index < -0.39 is 0 Å². The van der Waals surface area contributed by atoms with Crippen LogP contribution in [0.5, 0.6) is 5.75 Å². The van der Waals surface area contributed by atoms with Crippen LogP contribution in [-0.2, 0) is 10.2 Å². The highest BCUT2D eigenvalue weighted by Crippen LogP contribution is 2.26. The number of amides is 1. The Labute approximate surface area is 215 Å². The zero-order chi connectivity index (χ0) is 25.7. The molecule has 0 aliphatic rings. The Bertz CT molecular complexity index is 1350. The van der Waals surface area contributed by atoms with Gasteiger partial charge in [-0.3, -0.25) is 4.79 Å². The first kappa shape index (κ1) is 25.2. The molecule has 0 saturated heterocycles. The van der Waals surface area contributed by atoms with E-state index in [4.69, 9.17) is 0 Å². The Morgan fingerprint density at radius 2 is 1.72 bits per heavy atom. The van der Waals surface area contributed by atoms with Crippen LogP contribution in [0.4, 0.5) is 0 Å². The Morgan fingerprint density at radius 1 is 1.06 bits per heavy atom.